The van der Waals surface area contributed by atoms with Crippen LogP contribution in [0.2, 0.25) is 0 Å². The summed E-state index contributed by atoms with van der Waals surface area (Å²) in [4.78, 5) is 4.22. The first-order chi connectivity index (χ1) is 10.3. The quantitative estimate of drug-likeness (QED) is 0.936. The predicted molar refractivity (Wildman–Crippen MR) is 82.5 cm³/mol. The van der Waals surface area contributed by atoms with E-state index in [1.807, 2.05) is 31.3 Å². The molecule has 1 atom stereocenters. The van der Waals surface area contributed by atoms with E-state index in [0.717, 1.165) is 31.1 Å². The van der Waals surface area contributed by atoms with Crippen LogP contribution in [0, 0.1) is 6.92 Å². The summed E-state index contributed by atoms with van der Waals surface area (Å²) in [7, 11) is 0. The Kier molecular flexibility index (Phi) is 4.48. The number of aromatic nitrogens is 1. The van der Waals surface area contributed by atoms with Gasteiger partial charge in [-0.3, -0.25) is 4.98 Å². The minimum Gasteiger partial charge on any atom is -0.491 e. The van der Waals surface area contributed by atoms with Crippen LogP contribution < -0.4 is 10.1 Å². The van der Waals surface area contributed by atoms with Gasteiger partial charge >= 0.3 is 0 Å². The fraction of sp³-hybridized carbons (Fsp3) is 0.353. The summed E-state index contributed by atoms with van der Waals surface area (Å²) in [5.74, 6) is 0.874. The van der Waals surface area contributed by atoms with Gasteiger partial charge in [-0.2, -0.15) is 0 Å². The maximum atomic E-state index is 5.78. The Balaban J connectivity index is 1.61. The fourth-order valence-electron chi connectivity index (χ4n) is 2.38. The van der Waals surface area contributed by atoms with E-state index in [0.29, 0.717) is 6.61 Å². The van der Waals surface area contributed by atoms with Crippen LogP contribution in [0.1, 0.15) is 5.69 Å². The van der Waals surface area contributed by atoms with Crippen LogP contribution in [0.4, 0.5) is 0 Å². The molecule has 1 aromatic carbocycles. The topological polar surface area (TPSA) is 43.4 Å². The van der Waals surface area contributed by atoms with Gasteiger partial charge in [0.15, 0.2) is 0 Å². The molecule has 110 valence electrons. The Morgan fingerprint density at radius 1 is 1.24 bits per heavy atom. The molecule has 0 amide bonds. The molecule has 0 aliphatic carbocycles. The third-order valence-corrected chi connectivity index (χ3v) is 3.52. The van der Waals surface area contributed by atoms with Crippen LogP contribution >= 0.6 is 0 Å². The summed E-state index contributed by atoms with van der Waals surface area (Å²) in [6.07, 6.45) is 1.98. The number of ether oxygens (including phenoxy) is 2. The molecule has 1 saturated heterocycles. The van der Waals surface area contributed by atoms with Crippen LogP contribution in [0.5, 0.6) is 5.75 Å². The number of nitrogens with zero attached hydrogens (tertiary/aromatic N) is 1. The molecule has 2 aromatic rings. The third kappa shape index (κ3) is 3.80. The lowest BCUT2D eigenvalue weighted by atomic mass is 10.1. The standard InChI is InChI=1S/C17H20N2O2/c1-13-10-15(6-7-19-13)14-2-4-16(5-3-14)21-12-17-11-18-8-9-20-17/h2-7,10,17-18H,8-9,11-12H2,1H3. The molecule has 1 aliphatic rings. The average Bonchev–Trinajstić information content (AvgIpc) is 2.54. The molecule has 4 heteroatoms. The highest BCUT2D eigenvalue weighted by atomic mass is 16.5. The monoisotopic (exact) mass is 284 g/mol. The average molecular weight is 284 g/mol. The Labute approximate surface area is 125 Å². The number of aryl methyl sites for hydroxylation is 1. The summed E-state index contributed by atoms with van der Waals surface area (Å²) in [6, 6.07) is 12.2. The van der Waals surface area contributed by atoms with Gasteiger partial charge < -0.3 is 14.8 Å². The molecule has 0 bridgehead atoms. The van der Waals surface area contributed by atoms with Crippen LogP contribution in [-0.2, 0) is 4.74 Å². The van der Waals surface area contributed by atoms with Crippen molar-refractivity contribution < 1.29 is 9.47 Å². The van der Waals surface area contributed by atoms with Crippen molar-refractivity contribution in [2.75, 3.05) is 26.3 Å². The molecule has 0 saturated carbocycles. The van der Waals surface area contributed by atoms with Crippen molar-refractivity contribution in [2.24, 2.45) is 0 Å². The van der Waals surface area contributed by atoms with Crippen molar-refractivity contribution in [2.45, 2.75) is 13.0 Å². The van der Waals surface area contributed by atoms with Crippen LogP contribution in [0.25, 0.3) is 11.1 Å². The molecule has 0 radical (unpaired) electrons. The molecule has 1 N–H and O–H groups in total. The SMILES string of the molecule is Cc1cc(-c2ccc(OCC3CNCCO3)cc2)ccn1. The highest BCUT2D eigenvalue weighted by Crippen LogP contribution is 2.22. The van der Waals surface area contributed by atoms with Gasteiger partial charge in [0.05, 0.1) is 6.61 Å². The zero-order valence-electron chi connectivity index (χ0n) is 12.2. The minimum atomic E-state index is 0.140. The van der Waals surface area contributed by atoms with Gasteiger partial charge in [0, 0.05) is 25.0 Å². The first-order valence-corrected chi connectivity index (χ1v) is 7.29. The fourth-order valence-corrected chi connectivity index (χ4v) is 2.38. The molecule has 21 heavy (non-hydrogen) atoms. The molecule has 1 aromatic heterocycles. The smallest absolute Gasteiger partial charge is 0.119 e. The number of benzene rings is 1. The zero-order chi connectivity index (χ0) is 14.5. The Hall–Kier alpha value is -1.91. The Morgan fingerprint density at radius 2 is 2.10 bits per heavy atom. The lowest BCUT2D eigenvalue weighted by Gasteiger charge is -2.23. The molecule has 3 rings (SSSR count). The van der Waals surface area contributed by atoms with Gasteiger partial charge in [-0.15, -0.1) is 0 Å². The Bertz CT molecular complexity index is 578. The van der Waals surface area contributed by atoms with Gasteiger partial charge in [0.25, 0.3) is 0 Å². The van der Waals surface area contributed by atoms with Crippen LogP contribution in [-0.4, -0.2) is 37.4 Å². The van der Waals surface area contributed by atoms with E-state index < -0.39 is 0 Å². The number of hydrogen-bond donors (Lipinski definition) is 1. The lowest BCUT2D eigenvalue weighted by Crippen LogP contribution is -2.41. The number of morpholine rings is 1. The van der Waals surface area contributed by atoms with Gasteiger partial charge in [0.2, 0.25) is 0 Å². The maximum Gasteiger partial charge on any atom is 0.119 e. The van der Waals surface area contributed by atoms with Crippen molar-refractivity contribution in [1.29, 1.82) is 0 Å². The van der Waals surface area contributed by atoms with Gasteiger partial charge in [0.1, 0.15) is 18.5 Å². The van der Waals surface area contributed by atoms with Crippen molar-refractivity contribution in [3.8, 4) is 16.9 Å². The third-order valence-electron chi connectivity index (χ3n) is 3.52. The summed E-state index contributed by atoms with van der Waals surface area (Å²) >= 11 is 0. The summed E-state index contributed by atoms with van der Waals surface area (Å²) in [6.45, 7) is 5.12. The van der Waals surface area contributed by atoms with E-state index in [4.69, 9.17) is 9.47 Å². The maximum absolute atomic E-state index is 5.78. The molecule has 0 spiro atoms. The number of rotatable bonds is 4. The number of hydrogen-bond acceptors (Lipinski definition) is 4. The van der Waals surface area contributed by atoms with Crippen molar-refractivity contribution in [1.82, 2.24) is 10.3 Å². The second kappa shape index (κ2) is 6.70. The number of nitrogens with one attached hydrogen (secondary N) is 1. The first-order valence-electron chi connectivity index (χ1n) is 7.29. The molecular weight excluding hydrogens is 264 g/mol. The van der Waals surface area contributed by atoms with E-state index >= 15 is 0 Å². The normalized spacial score (nSPS) is 18.4. The second-order valence-electron chi connectivity index (χ2n) is 5.22. The molecule has 4 nitrogen and oxygen atoms in total. The van der Waals surface area contributed by atoms with Crippen molar-refractivity contribution in [3.05, 3.63) is 48.3 Å². The zero-order valence-corrected chi connectivity index (χ0v) is 12.2. The molecule has 1 fully saturated rings. The second-order valence-corrected chi connectivity index (χ2v) is 5.22. The lowest BCUT2D eigenvalue weighted by molar-refractivity contribution is 0.000198. The minimum absolute atomic E-state index is 0.140. The first kappa shape index (κ1) is 14.0. The molecule has 2 heterocycles. The Morgan fingerprint density at radius 3 is 2.81 bits per heavy atom. The summed E-state index contributed by atoms with van der Waals surface area (Å²) < 4.78 is 11.4. The van der Waals surface area contributed by atoms with Crippen LogP contribution in [0.15, 0.2) is 42.6 Å². The molecular formula is C17H20N2O2. The van der Waals surface area contributed by atoms with Crippen molar-refractivity contribution >= 4 is 0 Å². The van der Waals surface area contributed by atoms with E-state index in [9.17, 15) is 0 Å². The predicted octanol–water partition coefficient (Wildman–Crippen LogP) is 2.42. The highest BCUT2D eigenvalue weighted by molar-refractivity contribution is 5.64. The molecule has 1 unspecified atom stereocenters. The summed E-state index contributed by atoms with van der Waals surface area (Å²) in [5.41, 5.74) is 3.37. The van der Waals surface area contributed by atoms with Gasteiger partial charge in [-0.05, 0) is 42.3 Å². The van der Waals surface area contributed by atoms with E-state index in [1.54, 1.807) is 0 Å². The van der Waals surface area contributed by atoms with E-state index in [-0.39, 0.29) is 6.10 Å². The van der Waals surface area contributed by atoms with E-state index in [2.05, 4.69) is 28.5 Å². The van der Waals surface area contributed by atoms with Gasteiger partial charge in [-0.1, -0.05) is 12.1 Å². The van der Waals surface area contributed by atoms with Crippen LogP contribution in [0.3, 0.4) is 0 Å². The molecule has 1 aliphatic heterocycles. The van der Waals surface area contributed by atoms with Crippen molar-refractivity contribution in [3.63, 3.8) is 0 Å². The van der Waals surface area contributed by atoms with Gasteiger partial charge in [-0.25, -0.2) is 0 Å². The highest BCUT2D eigenvalue weighted by Gasteiger charge is 2.13. The number of pyridine rings is 1. The summed E-state index contributed by atoms with van der Waals surface area (Å²) in [5, 5.41) is 3.30. The largest absolute Gasteiger partial charge is 0.491 e. The van der Waals surface area contributed by atoms with E-state index in [1.165, 1.54) is 11.1 Å².